The summed E-state index contributed by atoms with van der Waals surface area (Å²) in [5.74, 6) is -4.33. The summed E-state index contributed by atoms with van der Waals surface area (Å²) in [7, 11) is 0. The van der Waals surface area contributed by atoms with E-state index in [1.165, 1.54) is 0 Å². The largest absolute Gasteiger partial charge is 0.852 e. The maximum atomic E-state index is 12.2. The van der Waals surface area contributed by atoms with Crippen LogP contribution in [0.2, 0.25) is 0 Å². The highest BCUT2D eigenvalue weighted by Gasteiger charge is 2.94. The molecule has 1 aliphatic rings. The molecule has 1 nitrogen and oxygen atoms in total. The van der Waals surface area contributed by atoms with E-state index in [1.54, 1.807) is 0 Å². The Morgan fingerprint density at radius 3 is 1.50 bits per heavy atom. The topological polar surface area (TPSA) is 23.1 Å². The molecule has 1 aliphatic carbocycles. The van der Waals surface area contributed by atoms with Gasteiger partial charge < -0.3 is 5.11 Å². The van der Waals surface area contributed by atoms with Gasteiger partial charge in [0.05, 0.1) is 0 Å². The predicted octanol–water partition coefficient (Wildman–Crippen LogP) is 0.608. The molecule has 0 radical (unpaired) electrons. The molecule has 2 unspecified atom stereocenters. The van der Waals surface area contributed by atoms with Crippen LogP contribution in [0, 0.1) is 0 Å². The third-order valence-corrected chi connectivity index (χ3v) is 2.06. The Balaban J connectivity index is 2.90. The van der Waals surface area contributed by atoms with E-state index in [4.69, 9.17) is 0 Å². The number of rotatable bonds is 1. The average molecular weight is 178 g/mol. The first-order valence-electron chi connectivity index (χ1n) is 2.34. The van der Waals surface area contributed by atoms with Crippen LogP contribution in [0.5, 0.6) is 0 Å². The Hall–Kier alpha value is -0.0300. The van der Waals surface area contributed by atoms with Crippen LogP contribution in [0.25, 0.3) is 0 Å². The minimum absolute atomic E-state index is 1.86. The molecule has 2 atom stereocenters. The molecule has 0 aromatic heterocycles. The zero-order chi connectivity index (χ0) is 8.21. The molecule has 6 heteroatoms. The van der Waals surface area contributed by atoms with Gasteiger partial charge in [0, 0.05) is 0 Å². The molecule has 0 bridgehead atoms. The highest BCUT2D eigenvalue weighted by atomic mass is 35.5. The molecule has 1 fully saturated rings. The minimum Gasteiger partial charge on any atom is -0.852 e. The van der Waals surface area contributed by atoms with Gasteiger partial charge in [0.25, 0.3) is 5.13 Å². The molecule has 0 spiro atoms. The van der Waals surface area contributed by atoms with Crippen LogP contribution in [0.1, 0.15) is 0 Å². The van der Waals surface area contributed by atoms with Gasteiger partial charge >= 0.3 is 5.92 Å². The van der Waals surface area contributed by atoms with Gasteiger partial charge in [-0.05, 0) is 0 Å². The second kappa shape index (κ2) is 1.58. The van der Waals surface area contributed by atoms with E-state index >= 15 is 0 Å². The monoisotopic (exact) mass is 177 g/mol. The van der Waals surface area contributed by atoms with Crippen LogP contribution in [0.3, 0.4) is 0 Å². The van der Waals surface area contributed by atoms with Crippen LogP contribution < -0.4 is 5.11 Å². The normalized spacial score (nSPS) is 51.0. The summed E-state index contributed by atoms with van der Waals surface area (Å²) in [5.41, 5.74) is -3.71. The Bertz CT molecular complexity index is 155. The van der Waals surface area contributed by atoms with E-state index < -0.39 is 23.3 Å². The van der Waals surface area contributed by atoms with Crippen molar-refractivity contribution < 1.29 is 22.7 Å². The van der Waals surface area contributed by atoms with Crippen LogP contribution in [0.15, 0.2) is 0 Å². The molecule has 0 aromatic carbocycles. The Kier molecular flexibility index (Phi) is 1.28. The van der Waals surface area contributed by atoms with Crippen LogP contribution >= 0.6 is 11.6 Å². The fraction of sp³-hybridized carbons (Fsp3) is 1.00. The van der Waals surface area contributed by atoms with Crippen molar-refractivity contribution >= 4 is 11.6 Å². The van der Waals surface area contributed by atoms with Crippen LogP contribution in [-0.4, -0.2) is 23.3 Å². The van der Waals surface area contributed by atoms with Crippen molar-refractivity contribution in [3.05, 3.63) is 0 Å². The molecule has 0 amide bonds. The Morgan fingerprint density at radius 1 is 1.20 bits per heavy atom. The van der Waals surface area contributed by atoms with E-state index in [9.17, 15) is 22.7 Å². The van der Waals surface area contributed by atoms with Gasteiger partial charge in [-0.25, -0.2) is 8.78 Å². The molecular formula is C4H2ClF4O-. The molecule has 0 saturated heterocycles. The molecular weight excluding hydrogens is 175 g/mol. The van der Waals surface area contributed by atoms with Crippen molar-refractivity contribution in [2.75, 3.05) is 6.61 Å². The number of halogens is 5. The molecule has 60 valence electrons. The van der Waals surface area contributed by atoms with E-state index in [-0.39, 0.29) is 0 Å². The predicted molar refractivity (Wildman–Crippen MR) is 23.3 cm³/mol. The highest BCUT2D eigenvalue weighted by Crippen LogP contribution is 2.68. The third kappa shape index (κ3) is 0.495. The molecule has 1 rings (SSSR count). The highest BCUT2D eigenvalue weighted by molar-refractivity contribution is 6.27. The Labute approximate surface area is 58.6 Å². The summed E-state index contributed by atoms with van der Waals surface area (Å²) < 4.78 is 48.0. The van der Waals surface area contributed by atoms with Crippen molar-refractivity contribution in [2.45, 2.75) is 16.7 Å². The molecule has 10 heavy (non-hydrogen) atoms. The van der Waals surface area contributed by atoms with E-state index in [1.807, 2.05) is 0 Å². The van der Waals surface area contributed by atoms with Gasteiger partial charge in [-0.1, -0.05) is 18.2 Å². The Morgan fingerprint density at radius 2 is 1.50 bits per heavy atom. The van der Waals surface area contributed by atoms with E-state index in [2.05, 4.69) is 11.6 Å². The van der Waals surface area contributed by atoms with Crippen LogP contribution in [-0.2, 0) is 0 Å². The third-order valence-electron chi connectivity index (χ3n) is 1.53. The summed E-state index contributed by atoms with van der Waals surface area (Å²) in [4.78, 5) is 0. The van der Waals surface area contributed by atoms with Crippen molar-refractivity contribution in [2.24, 2.45) is 0 Å². The lowest BCUT2D eigenvalue weighted by Crippen LogP contribution is -2.28. The van der Waals surface area contributed by atoms with Crippen molar-refractivity contribution in [3.8, 4) is 0 Å². The van der Waals surface area contributed by atoms with Crippen molar-refractivity contribution in [1.29, 1.82) is 0 Å². The molecule has 0 aliphatic heterocycles. The smallest absolute Gasteiger partial charge is 0.335 e. The minimum atomic E-state index is -4.33. The first kappa shape index (κ1) is 8.07. The first-order valence-corrected chi connectivity index (χ1v) is 2.72. The lowest BCUT2D eigenvalue weighted by molar-refractivity contribution is -0.388. The fourth-order valence-corrected chi connectivity index (χ4v) is 0.896. The summed E-state index contributed by atoms with van der Waals surface area (Å²) in [5, 5.41) is 5.88. The first-order chi connectivity index (χ1) is 4.31. The van der Waals surface area contributed by atoms with E-state index in [0.29, 0.717) is 0 Å². The van der Waals surface area contributed by atoms with Gasteiger partial charge in [-0.15, -0.1) is 0 Å². The summed E-state index contributed by atoms with van der Waals surface area (Å²) in [6.45, 7) is -1.86. The van der Waals surface area contributed by atoms with Gasteiger partial charge in [0.1, 0.15) is 0 Å². The SMILES string of the molecule is [O-]CC1(F)C(F)(F)C1(F)Cl. The van der Waals surface area contributed by atoms with Crippen molar-refractivity contribution in [3.63, 3.8) is 0 Å². The molecule has 0 N–H and O–H groups in total. The van der Waals surface area contributed by atoms with Crippen molar-refractivity contribution in [1.82, 2.24) is 0 Å². The molecule has 0 aromatic rings. The second-order valence-electron chi connectivity index (χ2n) is 2.09. The van der Waals surface area contributed by atoms with Crippen LogP contribution in [0.4, 0.5) is 17.6 Å². The summed E-state index contributed by atoms with van der Waals surface area (Å²) >= 11 is 4.35. The van der Waals surface area contributed by atoms with Gasteiger partial charge in [-0.3, -0.25) is 0 Å². The standard InChI is InChI=1S/C4H2ClF4O/c5-3(7)2(6,1-10)4(3,8)9/h1H2/q-1. The number of hydrogen-bond donors (Lipinski definition) is 0. The van der Waals surface area contributed by atoms with Gasteiger partial charge in [0.2, 0.25) is 5.67 Å². The van der Waals surface area contributed by atoms with Gasteiger partial charge in [0.15, 0.2) is 0 Å². The maximum absolute atomic E-state index is 12.2. The second-order valence-corrected chi connectivity index (χ2v) is 2.62. The number of alkyl halides is 5. The molecule has 1 saturated carbocycles. The lowest BCUT2D eigenvalue weighted by atomic mass is 10.4. The van der Waals surface area contributed by atoms with Gasteiger partial charge in [-0.2, -0.15) is 8.78 Å². The summed E-state index contributed by atoms with van der Waals surface area (Å²) in [6, 6.07) is 0. The zero-order valence-corrected chi connectivity index (χ0v) is 5.26. The zero-order valence-electron chi connectivity index (χ0n) is 4.51. The summed E-state index contributed by atoms with van der Waals surface area (Å²) in [6.07, 6.45) is 0. The fourth-order valence-electron chi connectivity index (χ4n) is 0.620. The quantitative estimate of drug-likeness (QED) is 0.425. The maximum Gasteiger partial charge on any atom is 0.335 e. The average Bonchev–Trinajstić information content (AvgIpc) is 2.11. The lowest BCUT2D eigenvalue weighted by Gasteiger charge is -2.06. The molecule has 0 heterocycles. The number of hydrogen-bond acceptors (Lipinski definition) is 1. The van der Waals surface area contributed by atoms with E-state index in [0.717, 1.165) is 0 Å².